The second-order valence-corrected chi connectivity index (χ2v) is 7.03. The highest BCUT2D eigenvalue weighted by Crippen LogP contribution is 2.26. The number of hydrogen-bond donors (Lipinski definition) is 1. The van der Waals surface area contributed by atoms with Gasteiger partial charge in [0.1, 0.15) is 17.6 Å². The van der Waals surface area contributed by atoms with Gasteiger partial charge in [-0.05, 0) is 12.1 Å². The van der Waals surface area contributed by atoms with Crippen LogP contribution >= 0.6 is 0 Å². The first-order valence-electron chi connectivity index (χ1n) is 9.82. The number of methoxy groups -OCH3 is 2. The largest absolute Gasteiger partial charge is 0.497 e. The molecule has 0 aliphatic carbocycles. The number of carbonyl (C=O) groups is 1. The van der Waals surface area contributed by atoms with Gasteiger partial charge in [-0.3, -0.25) is 0 Å². The van der Waals surface area contributed by atoms with Crippen LogP contribution < -0.4 is 19.5 Å². The number of ether oxygens (including phenoxy) is 3. The Balaban J connectivity index is 1.33. The van der Waals surface area contributed by atoms with Crippen molar-refractivity contribution in [2.45, 2.75) is 18.9 Å². The molecule has 8 nitrogen and oxygen atoms in total. The van der Waals surface area contributed by atoms with E-state index < -0.39 is 0 Å². The van der Waals surface area contributed by atoms with Crippen LogP contribution in [0.4, 0.5) is 10.5 Å². The van der Waals surface area contributed by atoms with Gasteiger partial charge in [-0.25, -0.2) is 14.8 Å². The molecule has 0 radical (unpaired) electrons. The Morgan fingerprint density at radius 2 is 1.70 bits per heavy atom. The number of anilines is 1. The van der Waals surface area contributed by atoms with Gasteiger partial charge in [-0.15, -0.1) is 0 Å². The molecule has 2 aromatic carbocycles. The third-order valence-corrected chi connectivity index (χ3v) is 5.05. The summed E-state index contributed by atoms with van der Waals surface area (Å²) in [5.41, 5.74) is 2.27. The second-order valence-electron chi connectivity index (χ2n) is 7.03. The molecule has 156 valence electrons. The molecule has 1 N–H and O–H groups in total. The summed E-state index contributed by atoms with van der Waals surface area (Å²) in [4.78, 5) is 23.3. The fourth-order valence-electron chi connectivity index (χ4n) is 3.43. The van der Waals surface area contributed by atoms with Crippen molar-refractivity contribution in [3.63, 3.8) is 0 Å². The van der Waals surface area contributed by atoms with Crippen molar-refractivity contribution in [1.29, 1.82) is 0 Å². The summed E-state index contributed by atoms with van der Waals surface area (Å²) in [5.74, 6) is 1.75. The Labute approximate surface area is 174 Å². The molecule has 1 aromatic heterocycles. The number of urea groups is 1. The fraction of sp³-hybridized carbons (Fsp3) is 0.318. The molecule has 1 aliphatic heterocycles. The first kappa shape index (κ1) is 19.8. The summed E-state index contributed by atoms with van der Waals surface area (Å²) >= 11 is 0. The van der Waals surface area contributed by atoms with Gasteiger partial charge in [-0.1, -0.05) is 12.1 Å². The third kappa shape index (κ3) is 4.53. The van der Waals surface area contributed by atoms with Gasteiger partial charge < -0.3 is 24.4 Å². The Bertz CT molecular complexity index is 1010. The molecule has 0 spiro atoms. The van der Waals surface area contributed by atoms with Crippen LogP contribution in [0.15, 0.2) is 48.7 Å². The van der Waals surface area contributed by atoms with Crippen LogP contribution in [0.5, 0.6) is 17.4 Å². The average Bonchev–Trinajstić information content (AvgIpc) is 2.79. The zero-order valence-corrected chi connectivity index (χ0v) is 17.0. The molecule has 8 heteroatoms. The van der Waals surface area contributed by atoms with Crippen LogP contribution in [0.25, 0.3) is 11.0 Å². The Hall–Kier alpha value is -3.55. The van der Waals surface area contributed by atoms with Crippen LogP contribution in [0.3, 0.4) is 0 Å². The minimum absolute atomic E-state index is 0.00132. The minimum Gasteiger partial charge on any atom is -0.497 e. The number of fused-ring (bicyclic) bond motifs is 1. The smallest absolute Gasteiger partial charge is 0.321 e. The first-order chi connectivity index (χ1) is 14.6. The van der Waals surface area contributed by atoms with E-state index in [1.54, 1.807) is 43.5 Å². The molecule has 2 amide bonds. The molecule has 0 unspecified atom stereocenters. The quantitative estimate of drug-likeness (QED) is 0.693. The summed E-state index contributed by atoms with van der Waals surface area (Å²) in [6.07, 6.45) is 3.10. The lowest BCUT2D eigenvalue weighted by atomic mass is 10.1. The Morgan fingerprint density at radius 1 is 1.03 bits per heavy atom. The molecule has 30 heavy (non-hydrogen) atoms. The van der Waals surface area contributed by atoms with Gasteiger partial charge in [0.25, 0.3) is 0 Å². The van der Waals surface area contributed by atoms with Gasteiger partial charge in [0, 0.05) is 49.8 Å². The lowest BCUT2D eigenvalue weighted by molar-refractivity contribution is 0.111. The monoisotopic (exact) mass is 408 g/mol. The van der Waals surface area contributed by atoms with E-state index in [2.05, 4.69) is 15.3 Å². The van der Waals surface area contributed by atoms with Crippen molar-refractivity contribution in [3.05, 3.63) is 48.7 Å². The normalized spacial score (nSPS) is 14.4. The zero-order chi connectivity index (χ0) is 20.9. The number of hydrogen-bond acceptors (Lipinski definition) is 6. The summed E-state index contributed by atoms with van der Waals surface area (Å²) in [5, 5.41) is 2.91. The fourth-order valence-corrected chi connectivity index (χ4v) is 3.43. The number of aromatic nitrogens is 2. The number of benzene rings is 2. The van der Waals surface area contributed by atoms with Gasteiger partial charge in [0.15, 0.2) is 0 Å². The molecular formula is C22H24N4O4. The number of amides is 2. The second kappa shape index (κ2) is 8.86. The summed E-state index contributed by atoms with van der Waals surface area (Å²) in [6, 6.07) is 12.8. The number of rotatable bonds is 5. The van der Waals surface area contributed by atoms with E-state index in [0.29, 0.717) is 36.2 Å². The van der Waals surface area contributed by atoms with Crippen LogP contribution in [-0.4, -0.2) is 54.3 Å². The number of piperidine rings is 1. The third-order valence-electron chi connectivity index (χ3n) is 5.05. The molecule has 4 rings (SSSR count). The highest BCUT2D eigenvalue weighted by Gasteiger charge is 2.24. The Morgan fingerprint density at radius 3 is 2.37 bits per heavy atom. The van der Waals surface area contributed by atoms with E-state index in [1.165, 1.54) is 0 Å². The molecule has 0 bridgehead atoms. The number of carbonyl (C=O) groups excluding carboxylic acids is 1. The zero-order valence-electron chi connectivity index (χ0n) is 17.0. The maximum atomic E-state index is 12.6. The number of para-hydroxylation sites is 2. The standard InChI is InChI=1S/C22H24N4O4/c1-28-17-11-15(12-18(13-17)29-2)24-22(27)26-9-7-16(8-10-26)30-21-14-23-19-5-3-4-6-20(19)25-21/h3-6,11-14,16H,7-10H2,1-2H3,(H,24,27). The summed E-state index contributed by atoms with van der Waals surface area (Å²) in [7, 11) is 3.15. The van der Waals surface area contributed by atoms with E-state index in [-0.39, 0.29) is 12.1 Å². The van der Waals surface area contributed by atoms with E-state index >= 15 is 0 Å². The maximum absolute atomic E-state index is 12.6. The van der Waals surface area contributed by atoms with Gasteiger partial charge in [-0.2, -0.15) is 0 Å². The highest BCUT2D eigenvalue weighted by molar-refractivity contribution is 5.90. The van der Waals surface area contributed by atoms with Gasteiger partial charge in [0.2, 0.25) is 5.88 Å². The van der Waals surface area contributed by atoms with Crippen molar-refractivity contribution in [2.75, 3.05) is 32.6 Å². The predicted octanol–water partition coefficient (Wildman–Crippen LogP) is 3.72. The van der Waals surface area contributed by atoms with Crippen molar-refractivity contribution in [3.8, 4) is 17.4 Å². The van der Waals surface area contributed by atoms with E-state index in [4.69, 9.17) is 14.2 Å². The lowest BCUT2D eigenvalue weighted by Crippen LogP contribution is -2.43. The average molecular weight is 408 g/mol. The molecule has 1 aliphatic rings. The van der Waals surface area contributed by atoms with Gasteiger partial charge >= 0.3 is 6.03 Å². The lowest BCUT2D eigenvalue weighted by Gasteiger charge is -2.32. The molecule has 1 saturated heterocycles. The van der Waals surface area contributed by atoms with Crippen LogP contribution in [0.2, 0.25) is 0 Å². The number of nitrogens with one attached hydrogen (secondary N) is 1. The molecule has 1 fully saturated rings. The molecule has 0 atom stereocenters. The van der Waals surface area contributed by atoms with E-state index in [1.807, 2.05) is 24.3 Å². The van der Waals surface area contributed by atoms with Crippen molar-refractivity contribution in [2.24, 2.45) is 0 Å². The van der Waals surface area contributed by atoms with Crippen LogP contribution in [0, 0.1) is 0 Å². The predicted molar refractivity (Wildman–Crippen MR) is 113 cm³/mol. The van der Waals surface area contributed by atoms with Crippen LogP contribution in [-0.2, 0) is 0 Å². The van der Waals surface area contributed by atoms with E-state index in [9.17, 15) is 4.79 Å². The SMILES string of the molecule is COc1cc(NC(=O)N2CCC(Oc3cnc4ccccc4n3)CC2)cc(OC)c1. The molecule has 3 aromatic rings. The minimum atomic E-state index is -0.158. The topological polar surface area (TPSA) is 85.8 Å². The van der Waals surface area contributed by atoms with Crippen molar-refractivity contribution < 1.29 is 19.0 Å². The number of likely N-dealkylation sites (tertiary alicyclic amines) is 1. The maximum Gasteiger partial charge on any atom is 0.321 e. The van der Waals surface area contributed by atoms with Gasteiger partial charge in [0.05, 0.1) is 31.4 Å². The van der Waals surface area contributed by atoms with E-state index in [0.717, 1.165) is 23.9 Å². The Kier molecular flexibility index (Phi) is 5.83. The van der Waals surface area contributed by atoms with Crippen molar-refractivity contribution in [1.82, 2.24) is 14.9 Å². The molecule has 2 heterocycles. The summed E-state index contributed by atoms with van der Waals surface area (Å²) < 4.78 is 16.5. The van der Waals surface area contributed by atoms with Crippen molar-refractivity contribution >= 4 is 22.8 Å². The number of nitrogens with zero attached hydrogens (tertiary/aromatic N) is 3. The highest BCUT2D eigenvalue weighted by atomic mass is 16.5. The van der Waals surface area contributed by atoms with Crippen LogP contribution in [0.1, 0.15) is 12.8 Å². The summed E-state index contributed by atoms with van der Waals surface area (Å²) in [6.45, 7) is 1.19. The first-order valence-corrected chi connectivity index (χ1v) is 9.82. The molecular weight excluding hydrogens is 384 g/mol. The molecule has 0 saturated carbocycles.